The van der Waals surface area contributed by atoms with E-state index in [-0.39, 0.29) is 12.1 Å². The Morgan fingerprint density at radius 1 is 1.22 bits per heavy atom. The highest BCUT2D eigenvalue weighted by atomic mass is 32.2. The standard InChI is InChI=1S/C17H21N3O2S/c1-19-11-7-13(8-12(19)10-23-9-11)22-17(21)16-14-5-3-4-6-15(14)20(2)18-16/h3-6,11-13H,7-10H2,1-2H3/t11-,12+,13-. The van der Waals surface area contributed by atoms with Crippen molar-refractivity contribution in [1.29, 1.82) is 0 Å². The fraction of sp³-hybridized carbons (Fsp3) is 0.529. The fourth-order valence-electron chi connectivity index (χ4n) is 3.71. The molecule has 122 valence electrons. The molecule has 6 heteroatoms. The van der Waals surface area contributed by atoms with E-state index in [4.69, 9.17) is 4.74 Å². The molecule has 5 nitrogen and oxygen atoms in total. The van der Waals surface area contributed by atoms with Crippen LogP contribution >= 0.6 is 11.8 Å². The Labute approximate surface area is 140 Å². The zero-order chi connectivity index (χ0) is 16.0. The highest BCUT2D eigenvalue weighted by molar-refractivity contribution is 7.99. The van der Waals surface area contributed by atoms with Gasteiger partial charge in [-0.25, -0.2) is 4.79 Å². The summed E-state index contributed by atoms with van der Waals surface area (Å²) in [4.78, 5) is 15.1. The third-order valence-electron chi connectivity index (χ3n) is 5.07. The van der Waals surface area contributed by atoms with Crippen molar-refractivity contribution in [2.24, 2.45) is 7.05 Å². The molecule has 0 saturated carbocycles. The Hall–Kier alpha value is -1.53. The Morgan fingerprint density at radius 2 is 1.91 bits per heavy atom. The first-order valence-corrected chi connectivity index (χ1v) is 9.21. The number of carbonyl (C=O) groups is 1. The molecule has 0 amide bonds. The molecule has 2 aliphatic heterocycles. The van der Waals surface area contributed by atoms with Gasteiger partial charge in [-0.3, -0.25) is 9.58 Å². The number of ether oxygens (including phenoxy) is 1. The van der Waals surface area contributed by atoms with Crippen molar-refractivity contribution in [1.82, 2.24) is 14.7 Å². The van der Waals surface area contributed by atoms with E-state index in [1.165, 1.54) is 0 Å². The number of para-hydroxylation sites is 1. The molecule has 0 unspecified atom stereocenters. The lowest BCUT2D eigenvalue weighted by Gasteiger charge is -2.46. The highest BCUT2D eigenvalue weighted by Gasteiger charge is 2.38. The van der Waals surface area contributed by atoms with Gasteiger partial charge in [-0.1, -0.05) is 18.2 Å². The number of piperidine rings is 1. The van der Waals surface area contributed by atoms with Crippen LogP contribution < -0.4 is 0 Å². The van der Waals surface area contributed by atoms with Gasteiger partial charge in [-0.15, -0.1) is 0 Å². The van der Waals surface area contributed by atoms with Gasteiger partial charge in [0.15, 0.2) is 5.69 Å². The van der Waals surface area contributed by atoms with Crippen LogP contribution in [0.2, 0.25) is 0 Å². The van der Waals surface area contributed by atoms with Crippen LogP contribution in [0.3, 0.4) is 0 Å². The lowest BCUT2D eigenvalue weighted by Crippen LogP contribution is -2.54. The van der Waals surface area contributed by atoms with Crippen molar-refractivity contribution in [3.63, 3.8) is 0 Å². The molecule has 2 saturated heterocycles. The van der Waals surface area contributed by atoms with Gasteiger partial charge in [0, 0.05) is 48.9 Å². The summed E-state index contributed by atoms with van der Waals surface area (Å²) in [6.45, 7) is 0. The molecule has 0 aliphatic carbocycles. The van der Waals surface area contributed by atoms with Gasteiger partial charge in [-0.05, 0) is 13.1 Å². The third-order valence-corrected chi connectivity index (χ3v) is 6.31. The smallest absolute Gasteiger partial charge is 0.359 e. The molecule has 2 fully saturated rings. The minimum Gasteiger partial charge on any atom is -0.457 e. The molecule has 4 rings (SSSR count). The van der Waals surface area contributed by atoms with Gasteiger partial charge in [0.05, 0.1) is 5.52 Å². The minimum absolute atomic E-state index is 0.00960. The maximum atomic E-state index is 12.6. The number of fused-ring (bicyclic) bond motifs is 3. The molecule has 2 aliphatic rings. The Balaban J connectivity index is 1.54. The summed E-state index contributed by atoms with van der Waals surface area (Å²) in [6, 6.07) is 8.82. The molecule has 23 heavy (non-hydrogen) atoms. The van der Waals surface area contributed by atoms with E-state index in [0.29, 0.717) is 17.8 Å². The molecular weight excluding hydrogens is 310 g/mol. The van der Waals surface area contributed by atoms with Gasteiger partial charge in [0.1, 0.15) is 6.10 Å². The number of aromatic nitrogens is 2. The van der Waals surface area contributed by atoms with Crippen LogP contribution in [0.5, 0.6) is 0 Å². The topological polar surface area (TPSA) is 47.4 Å². The lowest BCUT2D eigenvalue weighted by molar-refractivity contribution is -0.0103. The van der Waals surface area contributed by atoms with E-state index >= 15 is 0 Å². The summed E-state index contributed by atoms with van der Waals surface area (Å²) < 4.78 is 7.57. The van der Waals surface area contributed by atoms with E-state index < -0.39 is 0 Å². The molecule has 1 aromatic heterocycles. The molecule has 2 bridgehead atoms. The van der Waals surface area contributed by atoms with Gasteiger partial charge in [0.25, 0.3) is 0 Å². The average molecular weight is 331 g/mol. The van der Waals surface area contributed by atoms with Crippen molar-refractivity contribution in [2.75, 3.05) is 18.6 Å². The number of carbonyl (C=O) groups excluding carboxylic acids is 1. The van der Waals surface area contributed by atoms with Crippen molar-refractivity contribution in [3.8, 4) is 0 Å². The number of hydrogen-bond acceptors (Lipinski definition) is 5. The number of benzene rings is 1. The highest BCUT2D eigenvalue weighted by Crippen LogP contribution is 2.33. The van der Waals surface area contributed by atoms with Gasteiger partial charge < -0.3 is 4.74 Å². The summed E-state index contributed by atoms with van der Waals surface area (Å²) in [5.74, 6) is 1.98. The molecule has 2 aromatic rings. The second-order valence-corrected chi connectivity index (χ2v) is 7.57. The Bertz CT molecular complexity index is 731. The van der Waals surface area contributed by atoms with Crippen molar-refractivity contribution in [3.05, 3.63) is 30.0 Å². The summed E-state index contributed by atoms with van der Waals surface area (Å²) in [7, 11) is 4.05. The van der Waals surface area contributed by atoms with Crippen molar-refractivity contribution in [2.45, 2.75) is 31.0 Å². The van der Waals surface area contributed by atoms with E-state index in [1.54, 1.807) is 4.68 Å². The molecule has 0 radical (unpaired) electrons. The predicted octanol–water partition coefficient (Wildman–Crippen LogP) is 2.31. The van der Waals surface area contributed by atoms with E-state index in [1.807, 2.05) is 43.1 Å². The van der Waals surface area contributed by atoms with Crippen LogP contribution in [0.25, 0.3) is 10.9 Å². The number of hydrogen-bond donors (Lipinski definition) is 0. The maximum Gasteiger partial charge on any atom is 0.359 e. The van der Waals surface area contributed by atoms with E-state index in [9.17, 15) is 4.79 Å². The van der Waals surface area contributed by atoms with Crippen molar-refractivity contribution >= 4 is 28.6 Å². The zero-order valence-corrected chi connectivity index (χ0v) is 14.3. The normalized spacial score (nSPS) is 28.0. The van der Waals surface area contributed by atoms with E-state index in [0.717, 1.165) is 35.3 Å². The maximum absolute atomic E-state index is 12.6. The number of nitrogens with zero attached hydrogens (tertiary/aromatic N) is 3. The predicted molar refractivity (Wildman–Crippen MR) is 91.8 cm³/mol. The molecule has 3 heterocycles. The number of esters is 1. The van der Waals surface area contributed by atoms with Gasteiger partial charge in [-0.2, -0.15) is 16.9 Å². The Kier molecular flexibility index (Phi) is 3.81. The van der Waals surface area contributed by atoms with Crippen LogP contribution in [0.1, 0.15) is 23.3 Å². The molecule has 0 N–H and O–H groups in total. The average Bonchev–Trinajstić information content (AvgIpc) is 2.86. The summed E-state index contributed by atoms with van der Waals surface area (Å²) in [5.41, 5.74) is 1.39. The van der Waals surface area contributed by atoms with Gasteiger partial charge in [0.2, 0.25) is 0 Å². The Morgan fingerprint density at radius 3 is 2.65 bits per heavy atom. The first-order valence-electron chi connectivity index (χ1n) is 8.06. The minimum atomic E-state index is -0.290. The summed E-state index contributed by atoms with van der Waals surface area (Å²) in [6.07, 6.45) is 1.86. The summed E-state index contributed by atoms with van der Waals surface area (Å²) in [5, 5.41) is 5.23. The third kappa shape index (κ3) is 2.64. The van der Waals surface area contributed by atoms with Gasteiger partial charge >= 0.3 is 5.97 Å². The van der Waals surface area contributed by atoms with Crippen molar-refractivity contribution < 1.29 is 9.53 Å². The number of aryl methyl sites for hydroxylation is 1. The molecular formula is C17H21N3O2S. The second kappa shape index (κ2) is 5.83. The molecule has 0 spiro atoms. The largest absolute Gasteiger partial charge is 0.457 e. The monoisotopic (exact) mass is 331 g/mol. The van der Waals surface area contributed by atoms with Crippen LogP contribution in [0.15, 0.2) is 24.3 Å². The number of thioether (sulfide) groups is 1. The fourth-order valence-corrected chi connectivity index (χ4v) is 5.14. The molecule has 1 aromatic carbocycles. The SMILES string of the molecule is CN1[C@@H]2CSC[C@H]1C[C@@H](OC(=O)c1nn(C)c3ccccc13)C2. The first kappa shape index (κ1) is 15.0. The quantitative estimate of drug-likeness (QED) is 0.790. The lowest BCUT2D eigenvalue weighted by atomic mass is 9.95. The zero-order valence-electron chi connectivity index (χ0n) is 13.4. The molecule has 3 atom stereocenters. The second-order valence-electron chi connectivity index (χ2n) is 6.50. The first-order chi connectivity index (χ1) is 11.1. The summed E-state index contributed by atoms with van der Waals surface area (Å²) >= 11 is 2.02. The van der Waals surface area contributed by atoms with Crippen LogP contribution in [-0.2, 0) is 11.8 Å². The van der Waals surface area contributed by atoms with E-state index in [2.05, 4.69) is 17.0 Å². The van der Waals surface area contributed by atoms with Crippen LogP contribution in [0.4, 0.5) is 0 Å². The number of rotatable bonds is 2. The van der Waals surface area contributed by atoms with Crippen LogP contribution in [0, 0.1) is 0 Å². The van der Waals surface area contributed by atoms with Crippen LogP contribution in [-0.4, -0.2) is 57.4 Å².